The molecular weight excluding hydrogens is 313 g/mol. The number of aliphatic hydroxyl groups excluding tert-OH is 1. The van der Waals surface area contributed by atoms with Crippen LogP contribution in [0.3, 0.4) is 0 Å². The Labute approximate surface area is 131 Å². The van der Waals surface area contributed by atoms with Gasteiger partial charge in [0.1, 0.15) is 6.34 Å². The summed E-state index contributed by atoms with van der Waals surface area (Å²) in [6.45, 7) is 2.72. The first-order chi connectivity index (χ1) is 11.0. The van der Waals surface area contributed by atoms with E-state index in [1.807, 2.05) is 4.90 Å². The summed E-state index contributed by atoms with van der Waals surface area (Å²) >= 11 is 0. The Morgan fingerprint density at radius 3 is 2.48 bits per heavy atom. The van der Waals surface area contributed by atoms with E-state index in [2.05, 4.69) is 10.5 Å². The first-order valence-electron chi connectivity index (χ1n) is 7.17. The Morgan fingerprint density at radius 2 is 1.91 bits per heavy atom. The van der Waals surface area contributed by atoms with Crippen LogP contribution in [0, 0.1) is 0 Å². The quantitative estimate of drug-likeness (QED) is 0.331. The van der Waals surface area contributed by atoms with Crippen molar-refractivity contribution in [1.82, 2.24) is 4.90 Å². The van der Waals surface area contributed by atoms with E-state index in [-0.39, 0.29) is 18.0 Å². The van der Waals surface area contributed by atoms with E-state index >= 15 is 0 Å². The molecule has 2 rings (SSSR count). The van der Waals surface area contributed by atoms with Crippen molar-refractivity contribution in [2.24, 2.45) is 5.16 Å². The topological polar surface area (TPSA) is 71.3 Å². The number of nitrogens with one attached hydrogen (secondary N) is 1. The van der Waals surface area contributed by atoms with Gasteiger partial charge in [0.15, 0.2) is 0 Å². The van der Waals surface area contributed by atoms with Gasteiger partial charge in [-0.1, -0.05) is 5.16 Å². The maximum atomic E-state index is 13.3. The molecule has 0 aromatic heterocycles. The van der Waals surface area contributed by atoms with Gasteiger partial charge in [0.05, 0.1) is 12.2 Å². The van der Waals surface area contributed by atoms with E-state index in [0.717, 1.165) is 12.4 Å². The van der Waals surface area contributed by atoms with Crippen LogP contribution in [0.5, 0.6) is 0 Å². The minimum Gasteiger partial charge on any atom is -0.410 e. The van der Waals surface area contributed by atoms with E-state index in [1.54, 1.807) is 4.90 Å². The van der Waals surface area contributed by atoms with Crippen LogP contribution >= 0.6 is 0 Å². The van der Waals surface area contributed by atoms with E-state index in [0.29, 0.717) is 32.7 Å². The number of alkyl halides is 3. The summed E-state index contributed by atoms with van der Waals surface area (Å²) in [5.41, 5.74) is -0.408. The third-order valence-corrected chi connectivity index (χ3v) is 3.72. The molecule has 0 radical (unpaired) electrons. The fourth-order valence-electron chi connectivity index (χ4n) is 2.59. The molecule has 1 aliphatic heterocycles. The lowest BCUT2D eigenvalue weighted by Gasteiger charge is -2.37. The molecule has 0 amide bonds. The van der Waals surface area contributed by atoms with Gasteiger partial charge in [0, 0.05) is 44.1 Å². The molecule has 1 heterocycles. The molecule has 0 unspecified atom stereocenters. The van der Waals surface area contributed by atoms with Crippen LogP contribution in [-0.4, -0.2) is 60.9 Å². The average Bonchev–Trinajstić information content (AvgIpc) is 2.53. The van der Waals surface area contributed by atoms with E-state index in [1.165, 1.54) is 12.1 Å². The van der Waals surface area contributed by atoms with Gasteiger partial charge in [0.2, 0.25) is 0 Å². The second-order valence-corrected chi connectivity index (χ2v) is 5.17. The fraction of sp³-hybridized carbons (Fsp3) is 0.500. The molecule has 1 fully saturated rings. The molecule has 1 saturated heterocycles. The standard InChI is InChI=1S/C14H19F3N4O2/c15-14(16,17)12-9-11(18-10-19-23)1-2-13(12)21-5-3-20(4-6-21)7-8-22/h1-2,9-10,22-23H,3-8H2,(H,18,19). The summed E-state index contributed by atoms with van der Waals surface area (Å²) in [5.74, 6) is 0. The van der Waals surface area contributed by atoms with Crippen molar-refractivity contribution in [3.63, 3.8) is 0 Å². The first-order valence-corrected chi connectivity index (χ1v) is 7.17. The Hall–Kier alpha value is -2.00. The maximum absolute atomic E-state index is 13.3. The van der Waals surface area contributed by atoms with Gasteiger partial charge < -0.3 is 20.5 Å². The lowest BCUT2D eigenvalue weighted by molar-refractivity contribution is -0.137. The Balaban J connectivity index is 2.21. The van der Waals surface area contributed by atoms with Gasteiger partial charge in [-0.3, -0.25) is 4.90 Å². The minimum atomic E-state index is -4.48. The maximum Gasteiger partial charge on any atom is 0.418 e. The monoisotopic (exact) mass is 332 g/mol. The smallest absolute Gasteiger partial charge is 0.410 e. The normalized spacial score (nSPS) is 17.0. The fourth-order valence-corrected chi connectivity index (χ4v) is 2.59. The highest BCUT2D eigenvalue weighted by Gasteiger charge is 2.35. The van der Waals surface area contributed by atoms with E-state index in [9.17, 15) is 13.2 Å². The van der Waals surface area contributed by atoms with Crippen LogP contribution in [0.15, 0.2) is 23.4 Å². The number of hydrogen-bond acceptors (Lipinski definition) is 5. The van der Waals surface area contributed by atoms with Gasteiger partial charge in [-0.05, 0) is 18.2 Å². The Morgan fingerprint density at radius 1 is 1.22 bits per heavy atom. The largest absolute Gasteiger partial charge is 0.418 e. The third-order valence-electron chi connectivity index (χ3n) is 3.72. The molecule has 1 aliphatic rings. The third kappa shape index (κ3) is 4.49. The number of aliphatic hydroxyl groups is 1. The second-order valence-electron chi connectivity index (χ2n) is 5.17. The van der Waals surface area contributed by atoms with Crippen LogP contribution in [0.2, 0.25) is 0 Å². The molecule has 0 bridgehead atoms. The number of halogens is 3. The molecule has 23 heavy (non-hydrogen) atoms. The molecule has 0 aliphatic carbocycles. The zero-order valence-electron chi connectivity index (χ0n) is 12.4. The van der Waals surface area contributed by atoms with Crippen molar-refractivity contribution in [3.05, 3.63) is 23.8 Å². The number of benzene rings is 1. The number of hydrogen-bond donors (Lipinski definition) is 3. The number of piperazine rings is 1. The molecule has 3 N–H and O–H groups in total. The summed E-state index contributed by atoms with van der Waals surface area (Å²) in [6, 6.07) is 3.92. The van der Waals surface area contributed by atoms with Gasteiger partial charge in [-0.2, -0.15) is 13.2 Å². The van der Waals surface area contributed by atoms with Crippen molar-refractivity contribution >= 4 is 17.7 Å². The van der Waals surface area contributed by atoms with E-state index < -0.39 is 11.7 Å². The second kappa shape index (κ2) is 7.51. The predicted molar refractivity (Wildman–Crippen MR) is 81.1 cm³/mol. The molecule has 0 saturated carbocycles. The van der Waals surface area contributed by atoms with Gasteiger partial charge >= 0.3 is 6.18 Å². The van der Waals surface area contributed by atoms with Crippen LogP contribution in [0.25, 0.3) is 0 Å². The van der Waals surface area contributed by atoms with Gasteiger partial charge in [-0.25, -0.2) is 0 Å². The van der Waals surface area contributed by atoms with Crippen molar-refractivity contribution in [3.8, 4) is 0 Å². The molecule has 1 aromatic carbocycles. The molecule has 0 spiro atoms. The van der Waals surface area contributed by atoms with Crippen LogP contribution < -0.4 is 10.2 Å². The number of β-amino-alcohol motifs (C(OH)–C–C–N with tert-alkyl or cyclic N) is 1. The lowest BCUT2D eigenvalue weighted by Crippen LogP contribution is -2.47. The summed E-state index contributed by atoms with van der Waals surface area (Å²) in [5, 5.41) is 22.4. The summed E-state index contributed by atoms with van der Waals surface area (Å²) in [6.07, 6.45) is -3.57. The molecule has 1 aromatic rings. The summed E-state index contributed by atoms with van der Waals surface area (Å²) in [7, 11) is 0. The molecular formula is C14H19F3N4O2. The van der Waals surface area contributed by atoms with Crippen molar-refractivity contribution in [2.45, 2.75) is 6.18 Å². The zero-order valence-corrected chi connectivity index (χ0v) is 12.4. The van der Waals surface area contributed by atoms with Crippen molar-refractivity contribution in [2.75, 3.05) is 49.5 Å². The molecule has 9 heteroatoms. The minimum absolute atomic E-state index is 0.0422. The van der Waals surface area contributed by atoms with Crippen molar-refractivity contribution in [1.29, 1.82) is 0 Å². The number of anilines is 2. The zero-order chi connectivity index (χ0) is 16.9. The Bertz CT molecular complexity index is 543. The molecule has 6 nitrogen and oxygen atoms in total. The average molecular weight is 332 g/mol. The molecule has 128 valence electrons. The number of oxime groups is 1. The number of nitrogens with zero attached hydrogens (tertiary/aromatic N) is 3. The van der Waals surface area contributed by atoms with Crippen LogP contribution in [0.1, 0.15) is 5.56 Å². The van der Waals surface area contributed by atoms with Gasteiger partial charge in [-0.15, -0.1) is 0 Å². The van der Waals surface area contributed by atoms with E-state index in [4.69, 9.17) is 10.3 Å². The molecule has 0 atom stereocenters. The van der Waals surface area contributed by atoms with Gasteiger partial charge in [0.25, 0.3) is 0 Å². The van der Waals surface area contributed by atoms with Crippen LogP contribution in [-0.2, 0) is 6.18 Å². The number of rotatable bonds is 5. The summed E-state index contributed by atoms with van der Waals surface area (Å²) < 4.78 is 40.0. The highest BCUT2D eigenvalue weighted by molar-refractivity contribution is 5.77. The Kier molecular flexibility index (Phi) is 5.67. The SMILES string of the molecule is OCCN1CCN(c2ccc(N/C=N/O)cc2C(F)(F)F)CC1. The van der Waals surface area contributed by atoms with Crippen molar-refractivity contribution < 1.29 is 23.5 Å². The predicted octanol–water partition coefficient (Wildman–Crippen LogP) is 1.65. The summed E-state index contributed by atoms with van der Waals surface area (Å²) in [4.78, 5) is 3.71. The highest BCUT2D eigenvalue weighted by Crippen LogP contribution is 2.38. The lowest BCUT2D eigenvalue weighted by atomic mass is 10.1. The van der Waals surface area contributed by atoms with Crippen LogP contribution in [0.4, 0.5) is 24.5 Å². The first kappa shape index (κ1) is 17.4. The highest BCUT2D eigenvalue weighted by atomic mass is 19.4.